The third kappa shape index (κ3) is 46.9. The van der Waals surface area contributed by atoms with Crippen molar-refractivity contribution >= 4 is 19.8 Å². The Kier molecular flexibility index (Phi) is 41.9. The van der Waals surface area contributed by atoms with Crippen LogP contribution in [0.4, 0.5) is 0 Å². The summed E-state index contributed by atoms with van der Waals surface area (Å²) in [6.45, 7) is 4.07. The summed E-state index contributed by atoms with van der Waals surface area (Å²) in [6.07, 6.45) is 55.0. The molecule has 2 unspecified atom stereocenters. The van der Waals surface area contributed by atoms with Crippen LogP contribution in [0.25, 0.3) is 0 Å². The highest BCUT2D eigenvalue weighted by atomic mass is 31.2. The summed E-state index contributed by atoms with van der Waals surface area (Å²) in [7, 11) is 1.13. The molecule has 62 heavy (non-hydrogen) atoms. The number of hydrogen-bond donors (Lipinski definition) is 0. The van der Waals surface area contributed by atoms with E-state index in [1.165, 1.54) is 83.5 Å². The van der Waals surface area contributed by atoms with Crippen molar-refractivity contribution in [1.82, 2.24) is 0 Å². The van der Waals surface area contributed by atoms with Gasteiger partial charge in [0.05, 0.1) is 27.7 Å². The van der Waals surface area contributed by atoms with Gasteiger partial charge >= 0.3 is 11.9 Å². The first-order valence-electron chi connectivity index (χ1n) is 24.6. The molecule has 9 nitrogen and oxygen atoms in total. The van der Waals surface area contributed by atoms with Gasteiger partial charge in [-0.25, -0.2) is 0 Å². The van der Waals surface area contributed by atoms with Gasteiger partial charge in [-0.1, -0.05) is 170 Å². The number of hydrogen-bond acceptors (Lipinski definition) is 8. The molecule has 0 N–H and O–H groups in total. The normalized spacial score (nSPS) is 14.1. The zero-order valence-electron chi connectivity index (χ0n) is 40.3. The van der Waals surface area contributed by atoms with Crippen LogP contribution in [0.1, 0.15) is 194 Å². The molecule has 0 saturated heterocycles. The van der Waals surface area contributed by atoms with Gasteiger partial charge in [0.25, 0.3) is 7.82 Å². The number of carbonyl (C=O) groups is 2. The predicted octanol–water partition coefficient (Wildman–Crippen LogP) is 13.9. The maximum absolute atomic E-state index is 12.7. The molecule has 0 amide bonds. The Hall–Kier alpha value is -2.55. The summed E-state index contributed by atoms with van der Waals surface area (Å²) in [5, 5.41) is 0. The van der Waals surface area contributed by atoms with Crippen LogP contribution in [-0.2, 0) is 32.7 Å². The van der Waals surface area contributed by atoms with Gasteiger partial charge in [-0.3, -0.25) is 14.2 Å². The SMILES string of the molecule is CC/C=C\C/C=C\C/C=C\C/C=C\C/C=C\CCCCCC(=O)OC(COC(=O)CCCCCCCCCCC/C=C\CCCCCCCC)COP(=O)([O-])OCC[N+](C)(C)C. The fourth-order valence-corrected chi connectivity index (χ4v) is 7.11. The molecule has 0 saturated carbocycles. The molecular weight excluding hydrogens is 798 g/mol. The van der Waals surface area contributed by atoms with Crippen LogP contribution in [0, 0.1) is 0 Å². The first-order valence-corrected chi connectivity index (χ1v) is 26.1. The Morgan fingerprint density at radius 3 is 1.40 bits per heavy atom. The second-order valence-corrected chi connectivity index (χ2v) is 18.9. The molecule has 0 fully saturated rings. The predicted molar refractivity (Wildman–Crippen MR) is 259 cm³/mol. The molecular formula is C52H92NO8P. The van der Waals surface area contributed by atoms with Crippen molar-refractivity contribution < 1.29 is 42.1 Å². The van der Waals surface area contributed by atoms with Crippen LogP contribution in [-0.4, -0.2) is 70.0 Å². The van der Waals surface area contributed by atoms with Crippen molar-refractivity contribution in [3.8, 4) is 0 Å². The zero-order chi connectivity index (χ0) is 45.7. The Bertz CT molecular complexity index is 1280. The number of likely N-dealkylation sites (N-methyl/N-ethyl adjacent to an activating group) is 1. The average Bonchev–Trinajstić information content (AvgIpc) is 3.23. The fourth-order valence-electron chi connectivity index (χ4n) is 6.38. The van der Waals surface area contributed by atoms with Crippen molar-refractivity contribution in [2.24, 2.45) is 0 Å². The molecule has 2 atom stereocenters. The summed E-state index contributed by atoms with van der Waals surface area (Å²) in [6, 6.07) is 0. The summed E-state index contributed by atoms with van der Waals surface area (Å²) in [5.74, 6) is -0.876. The van der Waals surface area contributed by atoms with E-state index >= 15 is 0 Å². The van der Waals surface area contributed by atoms with Crippen molar-refractivity contribution in [3.63, 3.8) is 0 Å². The molecule has 0 spiro atoms. The monoisotopic (exact) mass is 890 g/mol. The van der Waals surface area contributed by atoms with Gasteiger partial charge in [0, 0.05) is 12.8 Å². The number of phosphoric ester groups is 1. The quantitative estimate of drug-likeness (QED) is 0.0195. The van der Waals surface area contributed by atoms with Crippen molar-refractivity contribution in [2.45, 2.75) is 200 Å². The standard InChI is InChI=1S/C52H92NO8P/c1-6-8-10-12-14-16-18-20-22-24-26-28-30-32-34-36-38-40-42-44-51(54)58-48-50(49-60-62(56,57)59-47-46-53(3,4)5)61-52(55)45-43-41-39-37-35-33-31-29-27-25-23-21-19-17-15-13-11-9-7-2/h9,11,15,17,20-23,27,29,33,35,50H,6-8,10,12-14,16,18-19,24-26,28,30-32,34,36-49H2,1-5H3/b11-9-,17-15-,22-20-,23-21-,29-27-,35-33-. The number of unbranched alkanes of at least 4 members (excludes halogenated alkanes) is 18. The minimum atomic E-state index is -4.64. The van der Waals surface area contributed by atoms with Crippen LogP contribution in [0.15, 0.2) is 72.9 Å². The molecule has 0 aromatic heterocycles. The van der Waals surface area contributed by atoms with Crippen LogP contribution in [0.2, 0.25) is 0 Å². The number of allylic oxidation sites excluding steroid dienone is 12. The number of rotatable bonds is 44. The summed E-state index contributed by atoms with van der Waals surface area (Å²) >= 11 is 0. The van der Waals surface area contributed by atoms with E-state index in [1.807, 2.05) is 21.1 Å². The average molecular weight is 890 g/mol. The van der Waals surface area contributed by atoms with Gasteiger partial charge in [-0.15, -0.1) is 0 Å². The lowest BCUT2D eigenvalue weighted by molar-refractivity contribution is -0.870. The number of quaternary nitrogens is 1. The Labute approximate surface area is 380 Å². The second kappa shape index (κ2) is 43.7. The lowest BCUT2D eigenvalue weighted by Gasteiger charge is -2.28. The fraction of sp³-hybridized carbons (Fsp3) is 0.731. The van der Waals surface area contributed by atoms with Gasteiger partial charge in [0.15, 0.2) is 6.10 Å². The van der Waals surface area contributed by atoms with Crippen molar-refractivity contribution in [2.75, 3.05) is 47.5 Å². The summed E-state index contributed by atoms with van der Waals surface area (Å²) in [4.78, 5) is 37.7. The van der Waals surface area contributed by atoms with E-state index < -0.39 is 32.5 Å². The first kappa shape index (κ1) is 59.5. The Balaban J connectivity index is 4.36. The molecule has 358 valence electrons. The second-order valence-electron chi connectivity index (χ2n) is 17.4. The topological polar surface area (TPSA) is 111 Å². The third-order valence-corrected chi connectivity index (χ3v) is 11.2. The number of phosphoric acid groups is 1. The molecule has 0 aromatic rings. The van der Waals surface area contributed by atoms with E-state index in [4.69, 9.17) is 18.5 Å². The van der Waals surface area contributed by atoms with Gasteiger partial charge in [0.2, 0.25) is 0 Å². The largest absolute Gasteiger partial charge is 0.756 e. The van der Waals surface area contributed by atoms with Gasteiger partial charge < -0.3 is 27.9 Å². The molecule has 0 aliphatic heterocycles. The Morgan fingerprint density at radius 2 is 0.919 bits per heavy atom. The minimum absolute atomic E-state index is 0.0411. The summed E-state index contributed by atoms with van der Waals surface area (Å²) < 4.78 is 34.0. The molecule has 0 heterocycles. The van der Waals surface area contributed by atoms with Crippen LogP contribution in [0.5, 0.6) is 0 Å². The van der Waals surface area contributed by atoms with Gasteiger partial charge in [-0.2, -0.15) is 0 Å². The number of nitrogens with zero attached hydrogens (tertiary/aromatic N) is 1. The molecule has 0 radical (unpaired) electrons. The lowest BCUT2D eigenvalue weighted by atomic mass is 10.1. The third-order valence-electron chi connectivity index (χ3n) is 10.2. The number of ether oxygens (including phenoxy) is 2. The zero-order valence-corrected chi connectivity index (χ0v) is 41.2. The highest BCUT2D eigenvalue weighted by Crippen LogP contribution is 2.38. The van der Waals surface area contributed by atoms with E-state index in [9.17, 15) is 19.0 Å². The number of carbonyl (C=O) groups excluding carboxylic acids is 2. The molecule has 0 rings (SSSR count). The van der Waals surface area contributed by atoms with Crippen LogP contribution < -0.4 is 4.89 Å². The number of esters is 2. The van der Waals surface area contributed by atoms with Crippen molar-refractivity contribution in [3.05, 3.63) is 72.9 Å². The van der Waals surface area contributed by atoms with Crippen LogP contribution >= 0.6 is 7.82 Å². The van der Waals surface area contributed by atoms with E-state index in [1.54, 1.807) is 0 Å². The van der Waals surface area contributed by atoms with E-state index in [2.05, 4.69) is 86.8 Å². The van der Waals surface area contributed by atoms with Gasteiger partial charge in [-0.05, 0) is 83.5 Å². The minimum Gasteiger partial charge on any atom is -0.756 e. The molecule has 0 aliphatic rings. The highest BCUT2D eigenvalue weighted by Gasteiger charge is 2.21. The molecule has 0 aromatic carbocycles. The summed E-state index contributed by atoms with van der Waals surface area (Å²) in [5.41, 5.74) is 0. The maximum Gasteiger partial charge on any atom is 0.306 e. The molecule has 0 aliphatic carbocycles. The van der Waals surface area contributed by atoms with Crippen LogP contribution in [0.3, 0.4) is 0 Å². The van der Waals surface area contributed by atoms with E-state index in [0.717, 1.165) is 77.0 Å². The smallest absolute Gasteiger partial charge is 0.306 e. The highest BCUT2D eigenvalue weighted by molar-refractivity contribution is 7.45. The molecule has 10 heteroatoms. The first-order chi connectivity index (χ1) is 30.0. The lowest BCUT2D eigenvalue weighted by Crippen LogP contribution is -2.37. The maximum atomic E-state index is 12.7. The van der Waals surface area contributed by atoms with E-state index in [0.29, 0.717) is 17.4 Å². The molecule has 0 bridgehead atoms. The van der Waals surface area contributed by atoms with Gasteiger partial charge in [0.1, 0.15) is 19.8 Å². The van der Waals surface area contributed by atoms with E-state index in [-0.39, 0.29) is 26.1 Å². The van der Waals surface area contributed by atoms with Crippen molar-refractivity contribution in [1.29, 1.82) is 0 Å². The Morgan fingerprint density at radius 1 is 0.516 bits per heavy atom.